The molecule has 0 saturated heterocycles. The molecule has 2 rings (SSSR count). The smallest absolute Gasteiger partial charge is 0.324 e. The predicted molar refractivity (Wildman–Crippen MR) is 77.2 cm³/mol. The van der Waals surface area contributed by atoms with Crippen LogP contribution in [0.5, 0.6) is 0 Å². The van der Waals surface area contributed by atoms with Crippen molar-refractivity contribution >= 4 is 16.3 Å². The van der Waals surface area contributed by atoms with Crippen LogP contribution >= 0.6 is 11.3 Å². The topological polar surface area (TPSA) is 72.4 Å². The Kier molecular flexibility index (Phi) is 4.90. The molecule has 0 aliphatic heterocycles. The molecule has 19 heavy (non-hydrogen) atoms. The van der Waals surface area contributed by atoms with Gasteiger partial charge in [0.1, 0.15) is 0 Å². The minimum absolute atomic E-state index is 0.229. The fraction of sp³-hybridized carbons (Fsp3) is 0.692. The predicted octanol–water partition coefficient (Wildman–Crippen LogP) is 2.61. The summed E-state index contributed by atoms with van der Waals surface area (Å²) < 4.78 is 0. The molecule has 0 bridgehead atoms. The summed E-state index contributed by atoms with van der Waals surface area (Å²) in [5.74, 6) is 0.577. The number of nitrogens with zero attached hydrogens (tertiary/aromatic N) is 2. The van der Waals surface area contributed by atoms with E-state index in [0.29, 0.717) is 12.0 Å². The molecule has 0 radical (unpaired) electrons. The first-order valence-electron chi connectivity index (χ1n) is 6.81. The average Bonchev–Trinajstić information content (AvgIpc) is 3.04. The van der Waals surface area contributed by atoms with Gasteiger partial charge in [-0.25, -0.2) is 0 Å². The Morgan fingerprint density at radius 2 is 2.37 bits per heavy atom. The highest BCUT2D eigenvalue weighted by molar-refractivity contribution is 7.13. The van der Waals surface area contributed by atoms with Gasteiger partial charge in [-0.1, -0.05) is 24.7 Å². The standard InChI is InChI=1S/C13H21N3O2S/c1-2-15(12-5-3-4-11(12)7-14)8-10-6-13(16(17)18)19-9-10/h6,9,11-12H,2-5,7-8,14H2,1H3. The third kappa shape index (κ3) is 3.32. The van der Waals surface area contributed by atoms with E-state index in [9.17, 15) is 10.1 Å². The summed E-state index contributed by atoms with van der Waals surface area (Å²) in [4.78, 5) is 12.8. The van der Waals surface area contributed by atoms with Crippen molar-refractivity contribution in [2.75, 3.05) is 13.1 Å². The lowest BCUT2D eigenvalue weighted by Crippen LogP contribution is -2.39. The molecule has 5 nitrogen and oxygen atoms in total. The van der Waals surface area contributed by atoms with Crippen molar-refractivity contribution < 1.29 is 4.92 Å². The Morgan fingerprint density at radius 3 is 2.95 bits per heavy atom. The first-order valence-corrected chi connectivity index (χ1v) is 7.69. The number of nitrogens with two attached hydrogens (primary N) is 1. The van der Waals surface area contributed by atoms with Crippen molar-refractivity contribution in [3.63, 3.8) is 0 Å². The lowest BCUT2D eigenvalue weighted by Gasteiger charge is -2.31. The van der Waals surface area contributed by atoms with Crippen LogP contribution in [0.3, 0.4) is 0 Å². The molecular weight excluding hydrogens is 262 g/mol. The fourth-order valence-electron chi connectivity index (χ4n) is 3.01. The largest absolute Gasteiger partial charge is 0.330 e. The molecule has 1 aliphatic carbocycles. The molecule has 1 aromatic rings. The normalized spacial score (nSPS) is 23.1. The number of thiophene rings is 1. The zero-order valence-electron chi connectivity index (χ0n) is 11.2. The van der Waals surface area contributed by atoms with Crippen LogP contribution in [0.15, 0.2) is 11.4 Å². The molecular formula is C13H21N3O2S. The second kappa shape index (κ2) is 6.45. The van der Waals surface area contributed by atoms with Crippen LogP contribution in [0.4, 0.5) is 5.00 Å². The maximum atomic E-state index is 10.7. The molecule has 2 atom stereocenters. The highest BCUT2D eigenvalue weighted by Crippen LogP contribution is 2.31. The molecule has 1 aromatic heterocycles. The first kappa shape index (κ1) is 14.4. The zero-order valence-corrected chi connectivity index (χ0v) is 12.1. The molecule has 6 heteroatoms. The van der Waals surface area contributed by atoms with Gasteiger partial charge in [-0.2, -0.15) is 0 Å². The molecule has 1 saturated carbocycles. The second-order valence-electron chi connectivity index (χ2n) is 5.11. The first-order chi connectivity index (χ1) is 9.15. The molecule has 0 spiro atoms. The van der Waals surface area contributed by atoms with Crippen LogP contribution in [0, 0.1) is 16.0 Å². The molecule has 1 fully saturated rings. The Morgan fingerprint density at radius 1 is 1.58 bits per heavy atom. The van der Waals surface area contributed by atoms with Gasteiger partial charge >= 0.3 is 5.00 Å². The summed E-state index contributed by atoms with van der Waals surface area (Å²) in [6.07, 6.45) is 3.65. The maximum absolute atomic E-state index is 10.7. The van der Waals surface area contributed by atoms with E-state index in [4.69, 9.17) is 5.73 Å². The molecule has 0 amide bonds. The van der Waals surface area contributed by atoms with Crippen LogP contribution in [-0.4, -0.2) is 29.0 Å². The second-order valence-corrected chi connectivity index (χ2v) is 6.00. The Bertz CT molecular complexity index is 435. The number of hydrogen-bond acceptors (Lipinski definition) is 5. The van der Waals surface area contributed by atoms with E-state index in [1.54, 1.807) is 6.07 Å². The molecule has 1 aliphatic rings. The van der Waals surface area contributed by atoms with E-state index in [2.05, 4.69) is 11.8 Å². The zero-order chi connectivity index (χ0) is 13.8. The van der Waals surface area contributed by atoms with Crippen molar-refractivity contribution in [3.05, 3.63) is 27.1 Å². The van der Waals surface area contributed by atoms with E-state index in [-0.39, 0.29) is 9.92 Å². The minimum Gasteiger partial charge on any atom is -0.330 e. The Balaban J connectivity index is 2.03. The van der Waals surface area contributed by atoms with Gasteiger partial charge in [0.05, 0.1) is 4.92 Å². The van der Waals surface area contributed by atoms with Crippen molar-refractivity contribution in [2.45, 2.75) is 38.8 Å². The molecule has 0 aromatic carbocycles. The van der Waals surface area contributed by atoms with Crippen LogP contribution in [0.1, 0.15) is 31.7 Å². The quantitative estimate of drug-likeness (QED) is 0.643. The minimum atomic E-state index is -0.317. The number of nitro groups is 1. The number of rotatable bonds is 6. The van der Waals surface area contributed by atoms with E-state index in [1.165, 1.54) is 30.6 Å². The molecule has 2 unspecified atom stereocenters. The Hall–Kier alpha value is -0.980. The van der Waals surface area contributed by atoms with E-state index in [0.717, 1.165) is 25.2 Å². The van der Waals surface area contributed by atoms with Gasteiger partial charge in [-0.3, -0.25) is 15.0 Å². The Labute approximate surface area is 117 Å². The van der Waals surface area contributed by atoms with Gasteiger partial charge in [0, 0.05) is 24.0 Å². The SMILES string of the molecule is CCN(Cc1csc([N+](=O)[O-])c1)C1CCCC1CN. The van der Waals surface area contributed by atoms with E-state index in [1.807, 2.05) is 5.38 Å². The highest BCUT2D eigenvalue weighted by Gasteiger charge is 2.30. The van der Waals surface area contributed by atoms with Gasteiger partial charge < -0.3 is 5.73 Å². The van der Waals surface area contributed by atoms with Crippen LogP contribution in [0.25, 0.3) is 0 Å². The molecule has 2 N–H and O–H groups in total. The molecule has 1 heterocycles. The van der Waals surface area contributed by atoms with Crippen molar-refractivity contribution in [1.29, 1.82) is 0 Å². The fourth-order valence-corrected chi connectivity index (χ4v) is 3.73. The van der Waals surface area contributed by atoms with Gasteiger partial charge in [0.2, 0.25) is 0 Å². The summed E-state index contributed by atoms with van der Waals surface area (Å²) in [6, 6.07) is 2.23. The van der Waals surface area contributed by atoms with Crippen molar-refractivity contribution in [1.82, 2.24) is 4.90 Å². The van der Waals surface area contributed by atoms with Gasteiger partial charge in [-0.15, -0.1) is 0 Å². The summed E-state index contributed by atoms with van der Waals surface area (Å²) in [6.45, 7) is 4.64. The van der Waals surface area contributed by atoms with Crippen LogP contribution in [0.2, 0.25) is 0 Å². The van der Waals surface area contributed by atoms with Gasteiger partial charge in [-0.05, 0) is 37.4 Å². The lowest BCUT2D eigenvalue weighted by molar-refractivity contribution is -0.380. The van der Waals surface area contributed by atoms with Crippen LogP contribution < -0.4 is 5.73 Å². The average molecular weight is 283 g/mol. The third-order valence-corrected chi connectivity index (χ3v) is 4.93. The summed E-state index contributed by atoms with van der Waals surface area (Å²) in [7, 11) is 0. The van der Waals surface area contributed by atoms with Gasteiger partial charge in [0.15, 0.2) is 0 Å². The van der Waals surface area contributed by atoms with Gasteiger partial charge in [0.25, 0.3) is 0 Å². The monoisotopic (exact) mass is 283 g/mol. The highest BCUT2D eigenvalue weighted by atomic mass is 32.1. The summed E-state index contributed by atoms with van der Waals surface area (Å²) in [5, 5.41) is 12.8. The number of hydrogen-bond donors (Lipinski definition) is 1. The summed E-state index contributed by atoms with van der Waals surface area (Å²) >= 11 is 1.21. The van der Waals surface area contributed by atoms with E-state index < -0.39 is 0 Å². The van der Waals surface area contributed by atoms with E-state index >= 15 is 0 Å². The summed E-state index contributed by atoms with van der Waals surface area (Å²) in [5.41, 5.74) is 6.88. The van der Waals surface area contributed by atoms with Crippen LogP contribution in [-0.2, 0) is 6.54 Å². The molecule has 106 valence electrons. The lowest BCUT2D eigenvalue weighted by atomic mass is 10.0. The third-order valence-electron chi connectivity index (χ3n) is 4.00. The van der Waals surface area contributed by atoms with Crippen molar-refractivity contribution in [3.8, 4) is 0 Å². The maximum Gasteiger partial charge on any atom is 0.324 e. The van der Waals surface area contributed by atoms with Crippen molar-refractivity contribution in [2.24, 2.45) is 11.7 Å².